The Morgan fingerprint density at radius 2 is 1.95 bits per heavy atom. The molecule has 124 valence electrons. The molecule has 1 unspecified atom stereocenters. The van der Waals surface area contributed by atoms with E-state index in [1.54, 1.807) is 0 Å². The Hall–Kier alpha value is -0.560. The summed E-state index contributed by atoms with van der Waals surface area (Å²) in [5, 5.41) is 38.6. The molecule has 11 heteroatoms. The van der Waals surface area contributed by atoms with E-state index in [0.29, 0.717) is 0 Å². The minimum atomic E-state index is -1.48. The molecular formula is C11H14Br2N2O7. The standard InChI is InChI=1S/C11H14Br2N2O7/c12-8(13)5(17)3-1-15(11(21)14-9(3)20)10-7(19)6(18)4(2-16)22-10/h1,4-8,10,16-19H,2H2,(H,14,20,21)/t4-,5?,6-,7+,10-/m1/s1. The van der Waals surface area contributed by atoms with Crippen LogP contribution >= 0.6 is 31.9 Å². The van der Waals surface area contributed by atoms with Crippen LogP contribution in [-0.2, 0) is 4.74 Å². The molecule has 1 fully saturated rings. The number of aromatic nitrogens is 2. The smallest absolute Gasteiger partial charge is 0.330 e. The maximum Gasteiger partial charge on any atom is 0.330 e. The summed E-state index contributed by atoms with van der Waals surface area (Å²) in [5.74, 6) is 0. The van der Waals surface area contributed by atoms with Crippen molar-refractivity contribution in [1.29, 1.82) is 0 Å². The zero-order valence-corrected chi connectivity index (χ0v) is 14.1. The van der Waals surface area contributed by atoms with E-state index in [2.05, 4.69) is 31.9 Å². The van der Waals surface area contributed by atoms with Gasteiger partial charge in [0.25, 0.3) is 5.56 Å². The summed E-state index contributed by atoms with van der Waals surface area (Å²) >= 11 is 6.10. The van der Waals surface area contributed by atoms with Crippen LogP contribution in [0.3, 0.4) is 0 Å². The first-order chi connectivity index (χ1) is 10.3. The van der Waals surface area contributed by atoms with Gasteiger partial charge in [-0.05, 0) is 0 Å². The summed E-state index contributed by atoms with van der Waals surface area (Å²) < 4.78 is 5.43. The number of alkyl halides is 2. The Balaban J connectivity index is 2.46. The van der Waals surface area contributed by atoms with Gasteiger partial charge < -0.3 is 25.2 Å². The van der Waals surface area contributed by atoms with Crippen molar-refractivity contribution in [1.82, 2.24) is 9.55 Å². The Bertz CT molecular complexity index is 646. The van der Waals surface area contributed by atoms with Crippen molar-refractivity contribution >= 4 is 31.9 Å². The quantitative estimate of drug-likeness (QED) is 0.347. The fraction of sp³-hybridized carbons (Fsp3) is 0.636. The number of H-pyrrole nitrogens is 1. The van der Waals surface area contributed by atoms with Gasteiger partial charge in [0.1, 0.15) is 28.2 Å². The molecular weight excluding hydrogens is 432 g/mol. The normalized spacial score (nSPS) is 30.0. The number of rotatable bonds is 4. The van der Waals surface area contributed by atoms with Gasteiger partial charge in [0.15, 0.2) is 6.23 Å². The molecule has 0 aliphatic carbocycles. The number of hydrogen-bond acceptors (Lipinski definition) is 7. The van der Waals surface area contributed by atoms with Crippen molar-refractivity contribution in [3.63, 3.8) is 0 Å². The van der Waals surface area contributed by atoms with Crippen molar-refractivity contribution < 1.29 is 25.2 Å². The molecule has 1 aromatic rings. The van der Waals surface area contributed by atoms with E-state index < -0.39 is 52.2 Å². The number of aliphatic hydroxyl groups is 4. The Morgan fingerprint density at radius 3 is 2.45 bits per heavy atom. The van der Waals surface area contributed by atoms with Crippen molar-refractivity contribution in [2.45, 2.75) is 34.4 Å². The molecule has 0 aromatic carbocycles. The summed E-state index contributed by atoms with van der Waals surface area (Å²) in [7, 11) is 0. The summed E-state index contributed by atoms with van der Waals surface area (Å²) in [4.78, 5) is 25.6. The third-order valence-electron chi connectivity index (χ3n) is 3.34. The molecule has 22 heavy (non-hydrogen) atoms. The third kappa shape index (κ3) is 3.20. The van der Waals surface area contributed by atoms with Crippen LogP contribution in [0.5, 0.6) is 0 Å². The number of nitrogens with one attached hydrogen (secondary N) is 1. The predicted molar refractivity (Wildman–Crippen MR) is 80.9 cm³/mol. The lowest BCUT2D eigenvalue weighted by Crippen LogP contribution is -2.39. The molecule has 1 aliphatic heterocycles. The number of hydrogen-bond donors (Lipinski definition) is 5. The zero-order valence-electron chi connectivity index (χ0n) is 11.0. The second kappa shape index (κ2) is 6.91. The van der Waals surface area contributed by atoms with Crippen LogP contribution in [-0.4, -0.2) is 58.6 Å². The monoisotopic (exact) mass is 444 g/mol. The van der Waals surface area contributed by atoms with Crippen LogP contribution in [0.2, 0.25) is 0 Å². The van der Waals surface area contributed by atoms with Gasteiger partial charge in [-0.2, -0.15) is 0 Å². The first kappa shape index (κ1) is 17.8. The lowest BCUT2D eigenvalue weighted by Gasteiger charge is -2.19. The van der Waals surface area contributed by atoms with Crippen LogP contribution in [0.4, 0.5) is 0 Å². The number of halogens is 2. The van der Waals surface area contributed by atoms with Gasteiger partial charge in [0, 0.05) is 6.20 Å². The van der Waals surface area contributed by atoms with Crippen LogP contribution < -0.4 is 11.2 Å². The Kier molecular flexibility index (Phi) is 5.59. The molecule has 2 rings (SSSR count). The van der Waals surface area contributed by atoms with E-state index in [0.717, 1.165) is 10.8 Å². The minimum absolute atomic E-state index is 0.143. The van der Waals surface area contributed by atoms with Crippen molar-refractivity contribution in [2.75, 3.05) is 6.61 Å². The summed E-state index contributed by atoms with van der Waals surface area (Å²) in [6.07, 6.45) is -5.45. The molecule has 2 heterocycles. The Labute approximate surface area is 140 Å². The highest BCUT2D eigenvalue weighted by molar-refractivity contribution is 9.24. The van der Waals surface area contributed by atoms with Gasteiger partial charge in [0.05, 0.1) is 12.2 Å². The number of aromatic amines is 1. The second-order valence-electron chi connectivity index (χ2n) is 4.76. The minimum Gasteiger partial charge on any atom is -0.394 e. The Morgan fingerprint density at radius 1 is 1.32 bits per heavy atom. The van der Waals surface area contributed by atoms with E-state index >= 15 is 0 Å². The highest BCUT2D eigenvalue weighted by Crippen LogP contribution is 2.29. The first-order valence-electron chi connectivity index (χ1n) is 6.22. The number of nitrogens with zero attached hydrogens (tertiary/aromatic N) is 1. The molecule has 0 spiro atoms. The average Bonchev–Trinajstić information content (AvgIpc) is 2.74. The molecule has 9 nitrogen and oxygen atoms in total. The number of ether oxygens (including phenoxy) is 1. The molecule has 1 aromatic heterocycles. The van der Waals surface area contributed by atoms with Gasteiger partial charge in [-0.25, -0.2) is 4.79 Å². The third-order valence-corrected chi connectivity index (χ3v) is 4.35. The molecule has 0 bridgehead atoms. The predicted octanol–water partition coefficient (Wildman–Crippen LogP) is -1.70. The zero-order chi connectivity index (χ0) is 16.6. The fourth-order valence-corrected chi connectivity index (χ4v) is 2.72. The van der Waals surface area contributed by atoms with Crippen molar-refractivity contribution in [3.8, 4) is 0 Å². The largest absolute Gasteiger partial charge is 0.394 e. The van der Waals surface area contributed by atoms with Crippen LogP contribution in [0, 0.1) is 0 Å². The van der Waals surface area contributed by atoms with E-state index in [-0.39, 0.29) is 5.56 Å². The fourth-order valence-electron chi connectivity index (χ4n) is 2.15. The first-order valence-corrected chi connectivity index (χ1v) is 8.05. The van der Waals surface area contributed by atoms with Crippen LogP contribution in [0.25, 0.3) is 0 Å². The maximum atomic E-state index is 11.9. The molecule has 0 amide bonds. The molecule has 0 saturated carbocycles. The number of aliphatic hydroxyl groups excluding tert-OH is 4. The molecule has 5 atom stereocenters. The van der Waals surface area contributed by atoms with Gasteiger partial charge in [0.2, 0.25) is 0 Å². The summed E-state index contributed by atoms with van der Waals surface area (Å²) in [6.45, 7) is -0.548. The molecule has 5 N–H and O–H groups in total. The van der Waals surface area contributed by atoms with Crippen LogP contribution in [0.15, 0.2) is 15.8 Å². The van der Waals surface area contributed by atoms with Crippen LogP contribution in [0.1, 0.15) is 17.9 Å². The van der Waals surface area contributed by atoms with E-state index in [1.807, 2.05) is 4.98 Å². The van der Waals surface area contributed by atoms with E-state index in [1.165, 1.54) is 0 Å². The highest BCUT2D eigenvalue weighted by Gasteiger charge is 2.44. The second-order valence-corrected chi connectivity index (χ2v) is 7.96. The maximum absolute atomic E-state index is 11.9. The van der Waals surface area contributed by atoms with Gasteiger partial charge in [-0.15, -0.1) is 0 Å². The van der Waals surface area contributed by atoms with Gasteiger partial charge >= 0.3 is 5.69 Å². The topological polar surface area (TPSA) is 145 Å². The highest BCUT2D eigenvalue weighted by atomic mass is 79.9. The lowest BCUT2D eigenvalue weighted by atomic mass is 10.1. The summed E-state index contributed by atoms with van der Waals surface area (Å²) in [5.41, 5.74) is -1.81. The van der Waals surface area contributed by atoms with Gasteiger partial charge in [-0.1, -0.05) is 31.9 Å². The van der Waals surface area contributed by atoms with Gasteiger partial charge in [-0.3, -0.25) is 14.3 Å². The van der Waals surface area contributed by atoms with E-state index in [4.69, 9.17) is 9.84 Å². The average molecular weight is 446 g/mol. The summed E-state index contributed by atoms with van der Waals surface area (Å²) in [6, 6.07) is 0. The molecule has 1 aliphatic rings. The SMILES string of the molecule is O=c1[nH]c(=O)n([C@@H]2O[C@H](CO)[C@@H](O)[C@@H]2O)cc1C(O)C(Br)Br. The molecule has 0 radical (unpaired) electrons. The van der Waals surface area contributed by atoms with Crippen molar-refractivity contribution in [3.05, 3.63) is 32.6 Å². The van der Waals surface area contributed by atoms with E-state index in [9.17, 15) is 24.9 Å². The van der Waals surface area contributed by atoms with Crippen molar-refractivity contribution in [2.24, 2.45) is 0 Å². The lowest BCUT2D eigenvalue weighted by molar-refractivity contribution is -0.0553. The molecule has 1 saturated heterocycles.